The van der Waals surface area contributed by atoms with Crippen LogP contribution in [-0.4, -0.2) is 50.7 Å². The predicted octanol–water partition coefficient (Wildman–Crippen LogP) is 4.52. The molecule has 0 aliphatic carbocycles. The molecule has 38 heavy (non-hydrogen) atoms. The van der Waals surface area contributed by atoms with Crippen LogP contribution < -0.4 is 19.1 Å². The highest BCUT2D eigenvalue weighted by Crippen LogP contribution is 2.44. The molecule has 3 aromatic carbocycles. The van der Waals surface area contributed by atoms with Gasteiger partial charge in [0, 0.05) is 5.69 Å². The van der Waals surface area contributed by atoms with Crippen molar-refractivity contribution < 1.29 is 38.4 Å². The minimum atomic E-state index is -0.981. The maximum absolute atomic E-state index is 13.4. The first-order chi connectivity index (χ1) is 18.3. The second kappa shape index (κ2) is 11.1. The molecule has 1 unspecified atom stereocenters. The maximum Gasteiger partial charge on any atom is 0.338 e. The molecule has 0 saturated carbocycles. The first-order valence-corrected chi connectivity index (χ1v) is 11.8. The highest BCUT2D eigenvalue weighted by atomic mass is 16.5. The van der Waals surface area contributed by atoms with E-state index < -0.39 is 29.5 Å². The number of hydrogen-bond acceptors (Lipinski definition) is 8. The fraction of sp³-hybridized carbons (Fsp3) is 0.207. The van der Waals surface area contributed by atoms with E-state index >= 15 is 0 Å². The van der Waals surface area contributed by atoms with Crippen molar-refractivity contribution in [3.05, 3.63) is 89.0 Å². The second-order valence-corrected chi connectivity index (χ2v) is 8.28. The van der Waals surface area contributed by atoms with E-state index in [0.717, 1.165) is 0 Å². The fourth-order valence-corrected chi connectivity index (χ4v) is 4.32. The van der Waals surface area contributed by atoms with Crippen molar-refractivity contribution in [2.45, 2.75) is 13.0 Å². The number of rotatable bonds is 8. The number of hydrogen-bond donors (Lipinski definition) is 1. The maximum atomic E-state index is 13.4. The molecule has 1 amide bonds. The van der Waals surface area contributed by atoms with Gasteiger partial charge in [0.15, 0.2) is 0 Å². The molecule has 9 heteroatoms. The SMILES string of the molecule is CCOC(=O)c1ccc(N2C(=O)C(=O)/C(=C(/O)c3cc(OC)ccc3OC)C2c2ccc(OC)cc2)cc1. The number of carbonyl (C=O) groups is 3. The molecule has 0 aromatic heterocycles. The van der Waals surface area contributed by atoms with Gasteiger partial charge in [-0.2, -0.15) is 0 Å². The number of amides is 1. The van der Waals surface area contributed by atoms with Crippen LogP contribution in [0.2, 0.25) is 0 Å². The molecular weight excluding hydrogens is 490 g/mol. The lowest BCUT2D eigenvalue weighted by atomic mass is 9.94. The fourth-order valence-electron chi connectivity index (χ4n) is 4.32. The van der Waals surface area contributed by atoms with E-state index in [1.54, 1.807) is 55.5 Å². The van der Waals surface area contributed by atoms with Crippen LogP contribution in [0.15, 0.2) is 72.3 Å². The summed E-state index contributed by atoms with van der Waals surface area (Å²) in [6.45, 7) is 1.93. The van der Waals surface area contributed by atoms with Gasteiger partial charge in [-0.05, 0) is 67.1 Å². The topological polar surface area (TPSA) is 112 Å². The summed E-state index contributed by atoms with van der Waals surface area (Å²) < 4.78 is 21.0. The molecule has 1 atom stereocenters. The standard InChI is InChI=1S/C29H27NO8/c1-5-38-29(34)18-6-10-19(11-7-18)30-25(17-8-12-20(35-2)13-9-17)24(27(32)28(30)33)26(31)22-16-21(36-3)14-15-23(22)37-4/h6-16,25,31H,5H2,1-4H3/b26-24+. The molecule has 196 valence electrons. The van der Waals surface area contributed by atoms with Crippen LogP contribution in [0.3, 0.4) is 0 Å². The number of anilines is 1. The number of aliphatic hydroxyl groups excluding tert-OH is 1. The number of aliphatic hydroxyl groups is 1. The molecule has 0 radical (unpaired) electrons. The Hall–Kier alpha value is -4.79. The van der Waals surface area contributed by atoms with Gasteiger partial charge in [0.25, 0.3) is 11.7 Å². The Balaban J connectivity index is 1.91. The van der Waals surface area contributed by atoms with Crippen molar-refractivity contribution in [2.75, 3.05) is 32.8 Å². The minimum Gasteiger partial charge on any atom is -0.507 e. The number of carbonyl (C=O) groups excluding carboxylic acids is 3. The normalized spacial score (nSPS) is 16.3. The highest BCUT2D eigenvalue weighted by molar-refractivity contribution is 6.51. The van der Waals surface area contributed by atoms with Gasteiger partial charge in [-0.25, -0.2) is 4.79 Å². The van der Waals surface area contributed by atoms with E-state index in [4.69, 9.17) is 18.9 Å². The number of esters is 1. The summed E-state index contributed by atoms with van der Waals surface area (Å²) in [5.74, 6) is -1.32. The molecule has 9 nitrogen and oxygen atoms in total. The second-order valence-electron chi connectivity index (χ2n) is 8.28. The Kier molecular flexibility index (Phi) is 7.66. The molecule has 1 N–H and O–H groups in total. The summed E-state index contributed by atoms with van der Waals surface area (Å²) >= 11 is 0. The van der Waals surface area contributed by atoms with Crippen LogP contribution in [0.4, 0.5) is 5.69 Å². The summed E-state index contributed by atoms with van der Waals surface area (Å²) in [6.07, 6.45) is 0. The number of methoxy groups -OCH3 is 3. The molecule has 1 aliphatic rings. The van der Waals surface area contributed by atoms with Crippen LogP contribution in [0.1, 0.15) is 34.5 Å². The number of Topliss-reactive ketones (excluding diaryl/α,β-unsaturated/α-hetero) is 1. The van der Waals surface area contributed by atoms with Crippen LogP contribution in [0, 0.1) is 0 Å². The zero-order valence-electron chi connectivity index (χ0n) is 21.4. The number of benzene rings is 3. The first-order valence-electron chi connectivity index (χ1n) is 11.8. The van der Waals surface area contributed by atoms with Crippen molar-refractivity contribution in [1.29, 1.82) is 0 Å². The van der Waals surface area contributed by atoms with Crippen molar-refractivity contribution in [3.63, 3.8) is 0 Å². The third-order valence-electron chi connectivity index (χ3n) is 6.19. The molecule has 1 heterocycles. The van der Waals surface area contributed by atoms with Gasteiger partial charge < -0.3 is 24.1 Å². The Morgan fingerprint density at radius 2 is 1.50 bits per heavy atom. The molecule has 4 rings (SSSR count). The van der Waals surface area contributed by atoms with E-state index in [-0.39, 0.29) is 17.7 Å². The first kappa shape index (κ1) is 26.3. The van der Waals surface area contributed by atoms with Gasteiger partial charge in [0.05, 0.1) is 50.7 Å². The van der Waals surface area contributed by atoms with Crippen molar-refractivity contribution >= 4 is 29.1 Å². The van der Waals surface area contributed by atoms with E-state index in [1.807, 2.05) is 0 Å². The monoisotopic (exact) mass is 517 g/mol. The van der Waals surface area contributed by atoms with E-state index in [0.29, 0.717) is 34.1 Å². The molecule has 1 fully saturated rings. The lowest BCUT2D eigenvalue weighted by Crippen LogP contribution is -2.29. The predicted molar refractivity (Wildman–Crippen MR) is 140 cm³/mol. The van der Waals surface area contributed by atoms with Gasteiger partial charge in [-0.1, -0.05) is 12.1 Å². The quantitative estimate of drug-likeness (QED) is 0.201. The molecule has 3 aromatic rings. The van der Waals surface area contributed by atoms with Crippen LogP contribution in [0.5, 0.6) is 17.2 Å². The largest absolute Gasteiger partial charge is 0.507 e. The average Bonchev–Trinajstić information content (AvgIpc) is 3.22. The third-order valence-corrected chi connectivity index (χ3v) is 6.19. The average molecular weight is 518 g/mol. The molecule has 1 saturated heterocycles. The molecular formula is C29H27NO8. The van der Waals surface area contributed by atoms with Crippen molar-refractivity contribution in [1.82, 2.24) is 0 Å². The van der Waals surface area contributed by atoms with Crippen molar-refractivity contribution in [2.24, 2.45) is 0 Å². The zero-order valence-corrected chi connectivity index (χ0v) is 21.4. The van der Waals surface area contributed by atoms with Gasteiger partial charge in [-0.3, -0.25) is 14.5 Å². The van der Waals surface area contributed by atoms with Crippen molar-refractivity contribution in [3.8, 4) is 17.2 Å². The van der Waals surface area contributed by atoms with Gasteiger partial charge in [0.1, 0.15) is 23.0 Å². The van der Waals surface area contributed by atoms with E-state index in [1.165, 1.54) is 44.4 Å². The Morgan fingerprint density at radius 1 is 0.868 bits per heavy atom. The van der Waals surface area contributed by atoms with Gasteiger partial charge >= 0.3 is 5.97 Å². The van der Waals surface area contributed by atoms with Gasteiger partial charge in [-0.15, -0.1) is 0 Å². The third kappa shape index (κ3) is 4.78. The van der Waals surface area contributed by atoms with Crippen LogP contribution >= 0.6 is 0 Å². The smallest absolute Gasteiger partial charge is 0.338 e. The van der Waals surface area contributed by atoms with Gasteiger partial charge in [0.2, 0.25) is 0 Å². The molecule has 0 spiro atoms. The van der Waals surface area contributed by atoms with E-state index in [9.17, 15) is 19.5 Å². The molecule has 1 aliphatic heterocycles. The van der Waals surface area contributed by atoms with Crippen LogP contribution in [0.25, 0.3) is 5.76 Å². The lowest BCUT2D eigenvalue weighted by molar-refractivity contribution is -0.132. The summed E-state index contributed by atoms with van der Waals surface area (Å²) in [6, 6.07) is 16.8. The summed E-state index contributed by atoms with van der Waals surface area (Å²) in [4.78, 5) is 40.3. The van der Waals surface area contributed by atoms with E-state index in [2.05, 4.69) is 0 Å². The minimum absolute atomic E-state index is 0.124. The molecule has 0 bridgehead atoms. The summed E-state index contributed by atoms with van der Waals surface area (Å²) in [7, 11) is 4.44. The number of ketones is 1. The Bertz CT molecular complexity index is 1390. The highest BCUT2D eigenvalue weighted by Gasteiger charge is 2.47. The lowest BCUT2D eigenvalue weighted by Gasteiger charge is -2.26. The Labute approximate surface area is 219 Å². The van der Waals surface area contributed by atoms with Crippen LogP contribution in [-0.2, 0) is 14.3 Å². The number of ether oxygens (including phenoxy) is 4. The number of nitrogens with zero attached hydrogens (tertiary/aromatic N) is 1. The summed E-state index contributed by atoms with van der Waals surface area (Å²) in [5.41, 5.74) is 1.29. The summed E-state index contributed by atoms with van der Waals surface area (Å²) in [5, 5.41) is 11.5. The zero-order chi connectivity index (χ0) is 27.4. The Morgan fingerprint density at radius 3 is 2.08 bits per heavy atom.